The highest BCUT2D eigenvalue weighted by Crippen LogP contribution is 2.03. The molecule has 0 aliphatic heterocycles. The van der Waals surface area contributed by atoms with E-state index in [0.717, 1.165) is 11.5 Å². The van der Waals surface area contributed by atoms with Gasteiger partial charge in [0.1, 0.15) is 6.54 Å². The highest BCUT2D eigenvalue weighted by Gasteiger charge is 2.03. The Morgan fingerprint density at radius 3 is 3.00 bits per heavy atom. The van der Waals surface area contributed by atoms with Crippen LogP contribution in [0.5, 0.6) is 0 Å². The third kappa shape index (κ3) is 1.95. The van der Waals surface area contributed by atoms with Crippen molar-refractivity contribution in [1.82, 2.24) is 19.5 Å². The molecular weight excluding hydrogens is 204 g/mol. The summed E-state index contributed by atoms with van der Waals surface area (Å²) in [5.41, 5.74) is 6.51. The Bertz CT molecular complexity index is 513. The summed E-state index contributed by atoms with van der Waals surface area (Å²) < 4.78 is 1.90. The van der Waals surface area contributed by atoms with Crippen LogP contribution in [0.2, 0.25) is 0 Å². The second-order valence-electron chi connectivity index (χ2n) is 3.61. The highest BCUT2D eigenvalue weighted by molar-refractivity contribution is 5.77. The summed E-state index contributed by atoms with van der Waals surface area (Å²) in [6.45, 7) is 0.426. The molecule has 0 aromatic carbocycles. The quantitative estimate of drug-likeness (QED) is 0.573. The molecule has 0 saturated heterocycles. The molecule has 0 saturated carbocycles. The Balaban J connectivity index is 2.25. The lowest BCUT2D eigenvalue weighted by molar-refractivity contribution is 0.607. The van der Waals surface area contributed by atoms with Crippen molar-refractivity contribution in [1.29, 1.82) is 0 Å². The summed E-state index contributed by atoms with van der Waals surface area (Å²) in [7, 11) is 3.70. The van der Waals surface area contributed by atoms with E-state index in [-0.39, 0.29) is 0 Å². The van der Waals surface area contributed by atoms with Crippen molar-refractivity contribution in [3.05, 3.63) is 30.2 Å². The predicted molar refractivity (Wildman–Crippen MR) is 62.0 cm³/mol. The number of aromatic nitrogens is 3. The Kier molecular flexibility index (Phi) is 2.72. The predicted octanol–water partition coefficient (Wildman–Crippen LogP) is 0.106. The maximum Gasteiger partial charge on any atom is 0.191 e. The number of fused-ring (bicyclic) bond motifs is 1. The maximum absolute atomic E-state index is 5.70. The van der Waals surface area contributed by atoms with Gasteiger partial charge in [-0.25, -0.2) is 4.99 Å². The molecule has 6 heteroatoms. The van der Waals surface area contributed by atoms with Gasteiger partial charge in [0.25, 0.3) is 0 Å². The fourth-order valence-corrected chi connectivity index (χ4v) is 1.29. The van der Waals surface area contributed by atoms with E-state index in [4.69, 9.17) is 5.73 Å². The minimum absolute atomic E-state index is 0.426. The van der Waals surface area contributed by atoms with Crippen LogP contribution >= 0.6 is 0 Å². The molecule has 0 unspecified atom stereocenters. The zero-order chi connectivity index (χ0) is 11.5. The van der Waals surface area contributed by atoms with E-state index in [1.54, 1.807) is 4.90 Å². The van der Waals surface area contributed by atoms with E-state index >= 15 is 0 Å². The molecule has 2 heterocycles. The fourth-order valence-electron chi connectivity index (χ4n) is 1.29. The summed E-state index contributed by atoms with van der Waals surface area (Å²) in [4.78, 5) is 5.97. The van der Waals surface area contributed by atoms with Gasteiger partial charge in [0.2, 0.25) is 0 Å². The number of hydrogen-bond acceptors (Lipinski definition) is 3. The van der Waals surface area contributed by atoms with Crippen LogP contribution in [0.4, 0.5) is 0 Å². The first-order chi connectivity index (χ1) is 7.68. The monoisotopic (exact) mass is 218 g/mol. The lowest BCUT2D eigenvalue weighted by atomic mass is 10.4. The van der Waals surface area contributed by atoms with Crippen LogP contribution in [0.3, 0.4) is 0 Å². The van der Waals surface area contributed by atoms with Crippen LogP contribution in [-0.2, 0) is 6.54 Å². The van der Waals surface area contributed by atoms with Gasteiger partial charge in [-0.15, -0.1) is 10.2 Å². The van der Waals surface area contributed by atoms with Gasteiger partial charge in [0.15, 0.2) is 17.4 Å². The van der Waals surface area contributed by atoms with Gasteiger partial charge in [0, 0.05) is 20.3 Å². The molecule has 6 nitrogen and oxygen atoms in total. The molecule has 0 spiro atoms. The van der Waals surface area contributed by atoms with E-state index in [1.807, 2.05) is 42.9 Å². The fraction of sp³-hybridized carbons (Fsp3) is 0.300. The molecule has 16 heavy (non-hydrogen) atoms. The zero-order valence-corrected chi connectivity index (χ0v) is 9.33. The van der Waals surface area contributed by atoms with E-state index in [9.17, 15) is 0 Å². The van der Waals surface area contributed by atoms with Gasteiger partial charge in [-0.3, -0.25) is 4.40 Å². The minimum Gasteiger partial charge on any atom is -0.370 e. The topological polar surface area (TPSA) is 71.8 Å². The van der Waals surface area contributed by atoms with Crippen LogP contribution in [0.1, 0.15) is 5.82 Å². The Hall–Kier alpha value is -2.11. The van der Waals surface area contributed by atoms with Crippen LogP contribution in [-0.4, -0.2) is 39.6 Å². The number of hydrogen-bond donors (Lipinski definition) is 1. The highest BCUT2D eigenvalue weighted by atomic mass is 15.3. The van der Waals surface area contributed by atoms with E-state index in [0.29, 0.717) is 12.5 Å². The summed E-state index contributed by atoms with van der Waals surface area (Å²) in [6.07, 6.45) is 1.91. The van der Waals surface area contributed by atoms with Crippen molar-refractivity contribution in [3.63, 3.8) is 0 Å². The number of rotatable bonds is 2. The first-order valence-corrected chi connectivity index (χ1v) is 4.94. The first kappa shape index (κ1) is 10.4. The third-order valence-electron chi connectivity index (χ3n) is 2.23. The standard InChI is InChI=1S/C10H14N6/c1-15(2)10(11)12-7-9-14-13-8-5-3-4-6-16(8)9/h3-6H,7H2,1-2H3,(H2,11,12). The molecular formula is C10H14N6. The molecule has 2 N–H and O–H groups in total. The van der Waals surface area contributed by atoms with E-state index in [1.165, 1.54) is 0 Å². The van der Waals surface area contributed by atoms with Gasteiger partial charge < -0.3 is 10.6 Å². The second-order valence-corrected chi connectivity index (χ2v) is 3.61. The largest absolute Gasteiger partial charge is 0.370 e. The average molecular weight is 218 g/mol. The molecule has 2 aromatic heterocycles. The Labute approximate surface area is 93.4 Å². The van der Waals surface area contributed by atoms with Crippen LogP contribution < -0.4 is 5.73 Å². The van der Waals surface area contributed by atoms with Gasteiger partial charge in [0.05, 0.1) is 0 Å². The van der Waals surface area contributed by atoms with Crippen molar-refractivity contribution in [2.24, 2.45) is 10.7 Å². The normalized spacial score (nSPS) is 12.0. The Morgan fingerprint density at radius 2 is 2.25 bits per heavy atom. The minimum atomic E-state index is 0.426. The number of nitrogens with zero attached hydrogens (tertiary/aromatic N) is 5. The van der Waals surface area contributed by atoms with Crippen molar-refractivity contribution >= 4 is 11.6 Å². The SMILES string of the molecule is CN(C)C(N)=NCc1nnc2ccccn12. The van der Waals surface area contributed by atoms with Crippen molar-refractivity contribution in [2.75, 3.05) is 14.1 Å². The zero-order valence-electron chi connectivity index (χ0n) is 9.33. The molecule has 0 atom stereocenters. The van der Waals surface area contributed by atoms with Crippen LogP contribution in [0.25, 0.3) is 5.65 Å². The molecule has 2 rings (SSSR count). The van der Waals surface area contributed by atoms with Crippen molar-refractivity contribution in [3.8, 4) is 0 Å². The van der Waals surface area contributed by atoms with Crippen LogP contribution in [0, 0.1) is 0 Å². The molecule has 0 aliphatic rings. The number of nitrogens with two attached hydrogens (primary N) is 1. The first-order valence-electron chi connectivity index (χ1n) is 4.94. The molecule has 84 valence electrons. The average Bonchev–Trinajstić information content (AvgIpc) is 2.69. The van der Waals surface area contributed by atoms with Gasteiger partial charge >= 0.3 is 0 Å². The molecule has 0 aliphatic carbocycles. The number of aliphatic imine (C=N–C) groups is 1. The summed E-state index contributed by atoms with van der Waals surface area (Å²) >= 11 is 0. The van der Waals surface area contributed by atoms with Crippen LogP contribution in [0.15, 0.2) is 29.4 Å². The summed E-state index contributed by atoms with van der Waals surface area (Å²) in [5, 5.41) is 8.09. The van der Waals surface area contributed by atoms with Crippen molar-refractivity contribution < 1.29 is 0 Å². The van der Waals surface area contributed by atoms with E-state index < -0.39 is 0 Å². The van der Waals surface area contributed by atoms with Gasteiger partial charge in [-0.2, -0.15) is 0 Å². The van der Waals surface area contributed by atoms with Gasteiger partial charge in [-0.1, -0.05) is 6.07 Å². The number of pyridine rings is 1. The molecule has 0 radical (unpaired) electrons. The molecule has 0 bridgehead atoms. The molecule has 2 aromatic rings. The smallest absolute Gasteiger partial charge is 0.191 e. The molecule has 0 amide bonds. The summed E-state index contributed by atoms with van der Waals surface area (Å²) in [5.74, 6) is 1.26. The Morgan fingerprint density at radius 1 is 1.44 bits per heavy atom. The summed E-state index contributed by atoms with van der Waals surface area (Å²) in [6, 6.07) is 5.75. The van der Waals surface area contributed by atoms with Gasteiger partial charge in [-0.05, 0) is 12.1 Å². The number of guanidine groups is 1. The van der Waals surface area contributed by atoms with Crippen molar-refractivity contribution in [2.45, 2.75) is 6.54 Å². The second kappa shape index (κ2) is 4.18. The lowest BCUT2D eigenvalue weighted by Gasteiger charge is -2.09. The lowest BCUT2D eigenvalue weighted by Crippen LogP contribution is -2.30. The third-order valence-corrected chi connectivity index (χ3v) is 2.23. The molecule has 0 fully saturated rings. The van der Waals surface area contributed by atoms with E-state index in [2.05, 4.69) is 15.2 Å². The maximum atomic E-state index is 5.70.